The Morgan fingerprint density at radius 2 is 1.81 bits per heavy atom. The highest BCUT2D eigenvalue weighted by molar-refractivity contribution is 4.85. The molecule has 1 rings (SSSR count). The third-order valence-corrected chi connectivity index (χ3v) is 4.52. The normalized spacial score (nSPS) is 22.3. The van der Waals surface area contributed by atoms with Crippen LogP contribution in [-0.4, -0.2) is 26.2 Å². The van der Waals surface area contributed by atoms with Crippen LogP contribution < -0.4 is 10.6 Å². The van der Waals surface area contributed by atoms with Gasteiger partial charge in [0.25, 0.3) is 0 Å². The summed E-state index contributed by atoms with van der Waals surface area (Å²) in [6.07, 6.45) is 4.00. The van der Waals surface area contributed by atoms with Crippen LogP contribution in [0.4, 0.5) is 0 Å². The minimum Gasteiger partial charge on any atom is -0.317 e. The van der Waals surface area contributed by atoms with Crippen LogP contribution in [0.25, 0.3) is 0 Å². The van der Waals surface area contributed by atoms with Crippen LogP contribution in [0.2, 0.25) is 0 Å². The highest BCUT2D eigenvalue weighted by atomic mass is 14.9. The van der Waals surface area contributed by atoms with E-state index in [9.17, 15) is 0 Å². The van der Waals surface area contributed by atoms with Gasteiger partial charge < -0.3 is 10.6 Å². The van der Waals surface area contributed by atoms with Gasteiger partial charge in [-0.15, -0.1) is 0 Å². The predicted octanol–water partition coefficient (Wildman–Crippen LogP) is 2.65. The summed E-state index contributed by atoms with van der Waals surface area (Å²) in [7, 11) is 0. The van der Waals surface area contributed by atoms with Crippen LogP contribution in [0, 0.1) is 17.3 Å². The first kappa shape index (κ1) is 14.0. The van der Waals surface area contributed by atoms with Gasteiger partial charge in [0.2, 0.25) is 0 Å². The van der Waals surface area contributed by atoms with E-state index in [1.165, 1.54) is 45.4 Å². The lowest BCUT2D eigenvalue weighted by molar-refractivity contribution is 0.181. The number of piperidine rings is 1. The summed E-state index contributed by atoms with van der Waals surface area (Å²) >= 11 is 0. The summed E-state index contributed by atoms with van der Waals surface area (Å²) in [5.74, 6) is 1.58. The smallest absolute Gasteiger partial charge is 0.000877 e. The molecule has 2 N–H and O–H groups in total. The number of hydrogen-bond acceptors (Lipinski definition) is 2. The molecule has 0 bridgehead atoms. The molecule has 0 radical (unpaired) electrons. The van der Waals surface area contributed by atoms with Crippen LogP contribution in [0.3, 0.4) is 0 Å². The molecule has 1 unspecified atom stereocenters. The van der Waals surface area contributed by atoms with Crippen molar-refractivity contribution in [3.05, 3.63) is 0 Å². The highest BCUT2D eigenvalue weighted by Gasteiger charge is 2.29. The molecule has 2 nitrogen and oxygen atoms in total. The van der Waals surface area contributed by atoms with Crippen LogP contribution in [0.5, 0.6) is 0 Å². The fourth-order valence-electron chi connectivity index (χ4n) is 2.41. The average Bonchev–Trinajstić information content (AvgIpc) is 2.30. The summed E-state index contributed by atoms with van der Waals surface area (Å²) in [6.45, 7) is 14.1. The standard InChI is InChI=1S/C14H30N2/c1-5-14(6-8-15-9-7-14)11-16-10-13(4)12(2)3/h12-13,15-16H,5-11H2,1-4H3. The minimum atomic E-state index is 0.571. The molecule has 1 atom stereocenters. The molecular weight excluding hydrogens is 196 g/mol. The molecule has 96 valence electrons. The molecule has 0 aliphatic carbocycles. The topological polar surface area (TPSA) is 24.1 Å². The van der Waals surface area contributed by atoms with E-state index in [4.69, 9.17) is 0 Å². The van der Waals surface area contributed by atoms with Crippen molar-refractivity contribution in [2.24, 2.45) is 17.3 Å². The minimum absolute atomic E-state index is 0.571. The summed E-state index contributed by atoms with van der Waals surface area (Å²) in [5.41, 5.74) is 0.571. The van der Waals surface area contributed by atoms with Crippen molar-refractivity contribution in [1.29, 1.82) is 0 Å². The fraction of sp³-hybridized carbons (Fsp3) is 1.00. The van der Waals surface area contributed by atoms with Gasteiger partial charge in [0, 0.05) is 6.54 Å². The lowest BCUT2D eigenvalue weighted by Crippen LogP contribution is -2.43. The van der Waals surface area contributed by atoms with Crippen molar-refractivity contribution in [2.45, 2.75) is 47.0 Å². The maximum atomic E-state index is 3.70. The summed E-state index contributed by atoms with van der Waals surface area (Å²) in [5, 5.41) is 7.16. The fourth-order valence-corrected chi connectivity index (χ4v) is 2.41. The van der Waals surface area contributed by atoms with E-state index in [1.54, 1.807) is 0 Å². The van der Waals surface area contributed by atoms with Crippen molar-refractivity contribution < 1.29 is 0 Å². The van der Waals surface area contributed by atoms with Gasteiger partial charge >= 0.3 is 0 Å². The highest BCUT2D eigenvalue weighted by Crippen LogP contribution is 2.31. The van der Waals surface area contributed by atoms with E-state index in [-0.39, 0.29) is 0 Å². The van der Waals surface area contributed by atoms with Gasteiger partial charge in [-0.1, -0.05) is 27.7 Å². The molecule has 0 aromatic carbocycles. The van der Waals surface area contributed by atoms with Crippen LogP contribution in [0.15, 0.2) is 0 Å². The van der Waals surface area contributed by atoms with Crippen molar-refractivity contribution in [1.82, 2.24) is 10.6 Å². The lowest BCUT2D eigenvalue weighted by Gasteiger charge is -2.37. The van der Waals surface area contributed by atoms with Crippen LogP contribution >= 0.6 is 0 Å². The molecule has 1 fully saturated rings. The first-order chi connectivity index (χ1) is 7.59. The number of nitrogens with one attached hydrogen (secondary N) is 2. The molecule has 1 heterocycles. The van der Waals surface area contributed by atoms with E-state index in [2.05, 4.69) is 38.3 Å². The first-order valence-electron chi connectivity index (χ1n) is 7.01. The average molecular weight is 226 g/mol. The lowest BCUT2D eigenvalue weighted by atomic mass is 9.76. The molecule has 0 aromatic heterocycles. The molecule has 0 spiro atoms. The van der Waals surface area contributed by atoms with E-state index >= 15 is 0 Å². The quantitative estimate of drug-likeness (QED) is 0.727. The molecule has 0 amide bonds. The van der Waals surface area contributed by atoms with Crippen molar-refractivity contribution in [3.8, 4) is 0 Å². The van der Waals surface area contributed by atoms with Gasteiger partial charge in [0.05, 0.1) is 0 Å². The van der Waals surface area contributed by atoms with Gasteiger partial charge in [-0.25, -0.2) is 0 Å². The third-order valence-electron chi connectivity index (χ3n) is 4.52. The zero-order valence-corrected chi connectivity index (χ0v) is 11.6. The Bertz CT molecular complexity index is 183. The molecule has 1 aliphatic heterocycles. The molecule has 16 heavy (non-hydrogen) atoms. The monoisotopic (exact) mass is 226 g/mol. The molecule has 2 heteroatoms. The maximum absolute atomic E-state index is 3.70. The Hall–Kier alpha value is -0.0800. The first-order valence-corrected chi connectivity index (χ1v) is 7.01. The van der Waals surface area contributed by atoms with Crippen molar-refractivity contribution in [3.63, 3.8) is 0 Å². The molecular formula is C14H30N2. The Labute approximate surface area is 102 Å². The van der Waals surface area contributed by atoms with Crippen molar-refractivity contribution >= 4 is 0 Å². The largest absolute Gasteiger partial charge is 0.317 e. The van der Waals surface area contributed by atoms with Gasteiger partial charge in [-0.05, 0) is 56.1 Å². The summed E-state index contributed by atoms with van der Waals surface area (Å²) in [6, 6.07) is 0. The van der Waals surface area contributed by atoms with E-state index in [0.29, 0.717) is 5.41 Å². The van der Waals surface area contributed by atoms with Gasteiger partial charge in [0.1, 0.15) is 0 Å². The molecule has 1 saturated heterocycles. The SMILES string of the molecule is CCC1(CNCC(C)C(C)C)CCNCC1. The van der Waals surface area contributed by atoms with Crippen LogP contribution in [0.1, 0.15) is 47.0 Å². The second kappa shape index (κ2) is 6.61. The zero-order valence-electron chi connectivity index (χ0n) is 11.6. The van der Waals surface area contributed by atoms with Gasteiger partial charge in [-0.2, -0.15) is 0 Å². The Morgan fingerprint density at radius 3 is 2.31 bits per heavy atom. The van der Waals surface area contributed by atoms with Gasteiger partial charge in [-0.3, -0.25) is 0 Å². The van der Waals surface area contributed by atoms with E-state index in [0.717, 1.165) is 11.8 Å². The van der Waals surface area contributed by atoms with E-state index < -0.39 is 0 Å². The van der Waals surface area contributed by atoms with Gasteiger partial charge in [0.15, 0.2) is 0 Å². The molecule has 0 saturated carbocycles. The predicted molar refractivity (Wildman–Crippen MR) is 71.7 cm³/mol. The van der Waals surface area contributed by atoms with Crippen molar-refractivity contribution in [2.75, 3.05) is 26.2 Å². The zero-order chi connectivity index (χ0) is 12.0. The number of hydrogen-bond donors (Lipinski definition) is 2. The molecule has 0 aromatic rings. The third kappa shape index (κ3) is 4.06. The second-order valence-corrected chi connectivity index (χ2v) is 5.96. The second-order valence-electron chi connectivity index (χ2n) is 5.96. The Balaban J connectivity index is 2.28. The summed E-state index contributed by atoms with van der Waals surface area (Å²) < 4.78 is 0. The number of rotatable bonds is 6. The van der Waals surface area contributed by atoms with E-state index in [1.807, 2.05) is 0 Å². The van der Waals surface area contributed by atoms with Crippen LogP contribution in [-0.2, 0) is 0 Å². The molecule has 1 aliphatic rings. The Kier molecular flexibility index (Phi) is 5.77. The Morgan fingerprint density at radius 1 is 1.19 bits per heavy atom. The maximum Gasteiger partial charge on any atom is 0.000877 e. The summed E-state index contributed by atoms with van der Waals surface area (Å²) in [4.78, 5) is 0.